The number of nitrogens with one attached hydrogen (secondary N) is 2. The van der Waals surface area contributed by atoms with Crippen LogP contribution in [0.1, 0.15) is 49.5 Å². The molecule has 6 nitrogen and oxygen atoms in total. The topological polar surface area (TPSA) is 87.0 Å². The fourth-order valence-electron chi connectivity index (χ4n) is 3.27. The average molecular weight is 467 g/mol. The van der Waals surface area contributed by atoms with Crippen molar-refractivity contribution in [1.29, 1.82) is 5.26 Å². The summed E-state index contributed by atoms with van der Waals surface area (Å²) in [4.78, 5) is 16.8. The lowest BCUT2D eigenvalue weighted by molar-refractivity contribution is 0.0497. The van der Waals surface area contributed by atoms with Crippen LogP contribution in [0.5, 0.6) is 0 Å². The normalized spacial score (nSPS) is 12.8. The number of halogens is 2. The maximum absolute atomic E-state index is 14.8. The van der Waals surface area contributed by atoms with Crippen LogP contribution in [-0.2, 0) is 4.74 Å². The molecule has 1 aromatic heterocycles. The Labute approximate surface area is 197 Å². The van der Waals surface area contributed by atoms with Crippen LogP contribution in [0.15, 0.2) is 66.7 Å². The van der Waals surface area contributed by atoms with Gasteiger partial charge in [-0.1, -0.05) is 72.3 Å². The summed E-state index contributed by atoms with van der Waals surface area (Å²) in [6.45, 7) is 5.32. The van der Waals surface area contributed by atoms with Crippen LogP contribution in [0.2, 0.25) is 5.15 Å². The first-order valence-corrected chi connectivity index (χ1v) is 10.7. The number of aromatic nitrogens is 1. The maximum atomic E-state index is 14.8. The van der Waals surface area contributed by atoms with Crippen molar-refractivity contribution in [3.8, 4) is 6.07 Å². The Morgan fingerprint density at radius 2 is 1.61 bits per heavy atom. The molecular formula is C25H24ClFN4O2. The third-order valence-electron chi connectivity index (χ3n) is 4.67. The molecule has 2 atom stereocenters. The number of rotatable bonds is 6. The van der Waals surface area contributed by atoms with Crippen molar-refractivity contribution < 1.29 is 13.9 Å². The molecule has 3 aromatic rings. The van der Waals surface area contributed by atoms with Gasteiger partial charge in [0.1, 0.15) is 16.8 Å². The molecule has 170 valence electrons. The van der Waals surface area contributed by atoms with Crippen LogP contribution in [0.25, 0.3) is 0 Å². The number of hydrogen-bond donors (Lipinski definition) is 2. The van der Waals surface area contributed by atoms with Gasteiger partial charge in [-0.3, -0.25) is 0 Å². The Morgan fingerprint density at radius 1 is 1.06 bits per heavy atom. The molecule has 1 heterocycles. The molecule has 0 aliphatic rings. The molecule has 0 aliphatic carbocycles. The van der Waals surface area contributed by atoms with Gasteiger partial charge in [-0.05, 0) is 38.0 Å². The first kappa shape index (κ1) is 24.0. The number of nitrogens with zero attached hydrogens (tertiary/aromatic N) is 2. The van der Waals surface area contributed by atoms with E-state index in [0.717, 1.165) is 17.2 Å². The summed E-state index contributed by atoms with van der Waals surface area (Å²) in [6, 6.07) is 20.1. The number of carbonyl (C=O) groups is 1. The van der Waals surface area contributed by atoms with Gasteiger partial charge in [-0.25, -0.2) is 14.2 Å². The lowest BCUT2D eigenvalue weighted by Crippen LogP contribution is -2.39. The van der Waals surface area contributed by atoms with Gasteiger partial charge in [-0.2, -0.15) is 5.26 Å². The van der Waals surface area contributed by atoms with E-state index >= 15 is 0 Å². The maximum Gasteiger partial charge on any atom is 0.408 e. The molecule has 0 bridgehead atoms. The molecule has 8 heteroatoms. The van der Waals surface area contributed by atoms with Crippen molar-refractivity contribution in [1.82, 2.24) is 10.3 Å². The van der Waals surface area contributed by atoms with Crippen molar-refractivity contribution in [3.63, 3.8) is 0 Å². The molecule has 3 rings (SSSR count). The van der Waals surface area contributed by atoms with Crippen molar-refractivity contribution in [2.24, 2.45) is 0 Å². The molecule has 2 aromatic carbocycles. The van der Waals surface area contributed by atoms with E-state index in [9.17, 15) is 9.18 Å². The van der Waals surface area contributed by atoms with Crippen molar-refractivity contribution >= 4 is 23.5 Å². The number of anilines is 1. The Kier molecular flexibility index (Phi) is 7.52. The predicted molar refractivity (Wildman–Crippen MR) is 125 cm³/mol. The molecule has 0 fully saturated rings. The van der Waals surface area contributed by atoms with Gasteiger partial charge in [0.25, 0.3) is 0 Å². The number of nitriles is 1. The highest BCUT2D eigenvalue weighted by Gasteiger charge is 2.30. The Bertz CT molecular complexity index is 1140. The third kappa shape index (κ3) is 6.43. The van der Waals surface area contributed by atoms with Gasteiger partial charge >= 0.3 is 6.09 Å². The lowest BCUT2D eigenvalue weighted by Gasteiger charge is -2.31. The molecule has 2 N–H and O–H groups in total. The number of amides is 1. The highest BCUT2D eigenvalue weighted by molar-refractivity contribution is 6.30. The number of hydrogen-bond acceptors (Lipinski definition) is 5. The minimum atomic E-state index is -0.735. The molecule has 1 amide bonds. The van der Waals surface area contributed by atoms with Crippen LogP contribution in [0, 0.1) is 17.1 Å². The SMILES string of the molecule is CC(C)(C)OC(=O)N[C@@H](c1ccccc1)[C@H](Nc1nc(Cl)c(C#N)cc1F)c1ccccc1. The first-order valence-electron chi connectivity index (χ1n) is 10.3. The summed E-state index contributed by atoms with van der Waals surface area (Å²) in [5.74, 6) is -0.874. The van der Waals surface area contributed by atoms with E-state index < -0.39 is 29.6 Å². The zero-order chi connectivity index (χ0) is 24.0. The van der Waals surface area contributed by atoms with Crippen molar-refractivity contribution in [2.45, 2.75) is 38.5 Å². The van der Waals surface area contributed by atoms with Crippen LogP contribution in [-0.4, -0.2) is 16.7 Å². The van der Waals surface area contributed by atoms with Gasteiger partial charge in [0.15, 0.2) is 11.6 Å². The largest absolute Gasteiger partial charge is 0.444 e. The number of carbonyl (C=O) groups excluding carboxylic acids is 1. The number of ether oxygens (including phenoxy) is 1. The van der Waals surface area contributed by atoms with Gasteiger partial charge in [-0.15, -0.1) is 0 Å². The van der Waals surface area contributed by atoms with Gasteiger partial charge in [0.05, 0.1) is 17.6 Å². The minimum Gasteiger partial charge on any atom is -0.444 e. The smallest absolute Gasteiger partial charge is 0.408 e. The Balaban J connectivity index is 2.07. The van der Waals surface area contributed by atoms with Crippen LogP contribution < -0.4 is 10.6 Å². The van der Waals surface area contributed by atoms with E-state index in [-0.39, 0.29) is 16.5 Å². The average Bonchev–Trinajstić information content (AvgIpc) is 2.78. The minimum absolute atomic E-state index is 0.0672. The Hall–Kier alpha value is -3.63. The highest BCUT2D eigenvalue weighted by Crippen LogP contribution is 2.33. The van der Waals surface area contributed by atoms with Crippen LogP contribution in [0.4, 0.5) is 15.0 Å². The second-order valence-electron chi connectivity index (χ2n) is 8.34. The zero-order valence-electron chi connectivity index (χ0n) is 18.5. The summed E-state index contributed by atoms with van der Waals surface area (Å²) in [6.07, 6.45) is -0.620. The molecule has 0 unspecified atom stereocenters. The van der Waals surface area contributed by atoms with Gasteiger partial charge < -0.3 is 15.4 Å². The predicted octanol–water partition coefficient (Wildman–Crippen LogP) is 6.16. The Morgan fingerprint density at radius 3 is 2.12 bits per heavy atom. The number of pyridine rings is 1. The third-order valence-corrected chi connectivity index (χ3v) is 4.95. The van der Waals surface area contributed by atoms with Crippen molar-refractivity contribution in [2.75, 3.05) is 5.32 Å². The van der Waals surface area contributed by atoms with E-state index in [1.807, 2.05) is 66.7 Å². The summed E-state index contributed by atoms with van der Waals surface area (Å²) in [5, 5.41) is 15.0. The molecule has 0 saturated carbocycles. The molecule has 0 aliphatic heterocycles. The fourth-order valence-corrected chi connectivity index (χ4v) is 3.45. The van der Waals surface area contributed by atoms with Gasteiger partial charge in [0.2, 0.25) is 0 Å². The second-order valence-corrected chi connectivity index (χ2v) is 8.69. The lowest BCUT2D eigenvalue weighted by atomic mass is 9.93. The number of alkyl carbamates (subject to hydrolysis) is 1. The van der Waals surface area contributed by atoms with E-state index in [2.05, 4.69) is 15.6 Å². The molecule has 0 saturated heterocycles. The first-order chi connectivity index (χ1) is 15.7. The standard InChI is InChI=1S/C25H24ClFN4O2/c1-25(2,3)33-24(32)30-21(17-12-8-5-9-13-17)20(16-10-6-4-7-11-16)29-23-19(27)14-18(15-28)22(26)31-23/h4-14,20-21H,1-3H3,(H,29,31)(H,30,32)/t20-,21+/m1/s1. The van der Waals surface area contributed by atoms with E-state index in [1.165, 1.54) is 0 Å². The monoisotopic (exact) mass is 466 g/mol. The fraction of sp³-hybridized carbons (Fsp3) is 0.240. The van der Waals surface area contributed by atoms with Gasteiger partial charge in [0, 0.05) is 0 Å². The zero-order valence-corrected chi connectivity index (χ0v) is 19.2. The molecular weight excluding hydrogens is 443 g/mol. The van der Waals surface area contributed by atoms with E-state index in [1.54, 1.807) is 20.8 Å². The molecule has 0 spiro atoms. The quantitative estimate of drug-likeness (QED) is 0.424. The highest BCUT2D eigenvalue weighted by atomic mass is 35.5. The van der Waals surface area contributed by atoms with Crippen molar-refractivity contribution in [3.05, 3.63) is 94.4 Å². The summed E-state index contributed by atoms with van der Waals surface area (Å²) in [7, 11) is 0. The van der Waals surface area contributed by atoms with Crippen LogP contribution in [0.3, 0.4) is 0 Å². The second kappa shape index (κ2) is 10.3. The number of benzene rings is 2. The summed E-state index contributed by atoms with van der Waals surface area (Å²) >= 11 is 6.05. The van der Waals surface area contributed by atoms with E-state index in [4.69, 9.17) is 21.6 Å². The van der Waals surface area contributed by atoms with E-state index in [0.29, 0.717) is 0 Å². The van der Waals surface area contributed by atoms with Crippen LogP contribution >= 0.6 is 11.6 Å². The molecule has 33 heavy (non-hydrogen) atoms. The summed E-state index contributed by atoms with van der Waals surface area (Å²) < 4.78 is 20.3. The molecule has 0 radical (unpaired) electrons. The summed E-state index contributed by atoms with van der Waals surface area (Å²) in [5.41, 5.74) is 0.770.